The second-order valence-electron chi connectivity index (χ2n) is 7.39. The van der Waals surface area contributed by atoms with Gasteiger partial charge in [-0.25, -0.2) is 4.98 Å². The van der Waals surface area contributed by atoms with Crippen molar-refractivity contribution in [2.45, 2.75) is 49.8 Å². The molecule has 8 heteroatoms. The highest BCUT2D eigenvalue weighted by Gasteiger charge is 2.36. The first-order chi connectivity index (χ1) is 13.7. The number of ether oxygens (including phenoxy) is 1. The number of hydrogen-bond donors (Lipinski definition) is 1. The van der Waals surface area contributed by atoms with Crippen LogP contribution in [0.25, 0.3) is 5.69 Å². The second kappa shape index (κ2) is 7.14. The summed E-state index contributed by atoms with van der Waals surface area (Å²) in [6, 6.07) is 6.51. The van der Waals surface area contributed by atoms with E-state index in [4.69, 9.17) is 16.3 Å². The van der Waals surface area contributed by atoms with Gasteiger partial charge >= 0.3 is 0 Å². The number of fused-ring (bicyclic) bond motifs is 3. The van der Waals surface area contributed by atoms with Gasteiger partial charge in [0.2, 0.25) is 5.88 Å². The van der Waals surface area contributed by atoms with Crippen LogP contribution in [0.3, 0.4) is 0 Å². The Morgan fingerprint density at radius 3 is 2.89 bits per heavy atom. The van der Waals surface area contributed by atoms with Gasteiger partial charge in [0, 0.05) is 18.9 Å². The van der Waals surface area contributed by atoms with Crippen molar-refractivity contribution < 1.29 is 4.74 Å². The lowest BCUT2D eigenvalue weighted by Gasteiger charge is -2.36. The minimum atomic E-state index is -0.362. The average Bonchev–Trinajstić information content (AvgIpc) is 3.12. The Balaban J connectivity index is 1.34. The van der Waals surface area contributed by atoms with E-state index in [1.165, 1.54) is 11.1 Å². The number of hydrogen-bond acceptors (Lipinski definition) is 6. The third kappa shape index (κ3) is 3.25. The molecule has 1 fully saturated rings. The minimum absolute atomic E-state index is 0.130. The molecule has 0 unspecified atom stereocenters. The molecule has 144 valence electrons. The fourth-order valence-electron chi connectivity index (χ4n) is 4.10. The minimum Gasteiger partial charge on any atom is -0.473 e. The van der Waals surface area contributed by atoms with Crippen molar-refractivity contribution in [2.24, 2.45) is 0 Å². The van der Waals surface area contributed by atoms with E-state index in [9.17, 15) is 0 Å². The van der Waals surface area contributed by atoms with Gasteiger partial charge in [0.05, 0.1) is 23.3 Å². The number of alkyl halides is 1. The third-order valence-corrected chi connectivity index (χ3v) is 6.22. The SMILES string of the molecule is ClC1(c2ccc3c(c2)CNCc2nncn2-3)CCC(Oc2cnccn2)CC1. The van der Waals surface area contributed by atoms with Crippen LogP contribution in [-0.4, -0.2) is 30.8 Å². The summed E-state index contributed by atoms with van der Waals surface area (Å²) >= 11 is 7.10. The summed E-state index contributed by atoms with van der Waals surface area (Å²) in [4.78, 5) is 7.90. The van der Waals surface area contributed by atoms with E-state index in [0.29, 0.717) is 12.4 Å². The molecule has 1 aliphatic heterocycles. The third-order valence-electron chi connectivity index (χ3n) is 5.63. The molecule has 1 aliphatic carbocycles. The van der Waals surface area contributed by atoms with Crippen LogP contribution in [0.1, 0.15) is 42.6 Å². The number of nitrogens with one attached hydrogen (secondary N) is 1. The molecule has 28 heavy (non-hydrogen) atoms. The monoisotopic (exact) mass is 396 g/mol. The molecule has 3 aromatic rings. The van der Waals surface area contributed by atoms with E-state index in [-0.39, 0.29) is 11.0 Å². The lowest BCUT2D eigenvalue weighted by Crippen LogP contribution is -2.32. The van der Waals surface area contributed by atoms with Crippen LogP contribution in [0, 0.1) is 0 Å². The molecule has 1 N–H and O–H groups in total. The van der Waals surface area contributed by atoms with Crippen LogP contribution in [-0.2, 0) is 18.0 Å². The molecule has 3 heterocycles. The molecule has 2 aromatic heterocycles. The number of rotatable bonds is 3. The van der Waals surface area contributed by atoms with Crippen LogP contribution in [0.15, 0.2) is 43.1 Å². The zero-order chi connectivity index (χ0) is 19.0. The van der Waals surface area contributed by atoms with Crippen molar-refractivity contribution >= 4 is 11.6 Å². The Morgan fingerprint density at radius 2 is 2.07 bits per heavy atom. The lowest BCUT2D eigenvalue weighted by molar-refractivity contribution is 0.132. The van der Waals surface area contributed by atoms with Crippen LogP contribution < -0.4 is 10.1 Å². The van der Waals surface area contributed by atoms with Gasteiger partial charge < -0.3 is 10.1 Å². The van der Waals surface area contributed by atoms with Gasteiger partial charge in [-0.2, -0.15) is 0 Å². The number of halogens is 1. The first kappa shape index (κ1) is 17.6. The van der Waals surface area contributed by atoms with Crippen molar-refractivity contribution in [3.05, 3.63) is 60.1 Å². The summed E-state index contributed by atoms with van der Waals surface area (Å²) in [5.41, 5.74) is 3.51. The normalized spacial score (nSPS) is 24.1. The Morgan fingerprint density at radius 1 is 1.18 bits per heavy atom. The van der Waals surface area contributed by atoms with Crippen molar-refractivity contribution in [1.82, 2.24) is 30.0 Å². The van der Waals surface area contributed by atoms with E-state index < -0.39 is 0 Å². The first-order valence-electron chi connectivity index (χ1n) is 9.56. The fourth-order valence-corrected chi connectivity index (χ4v) is 4.44. The van der Waals surface area contributed by atoms with Crippen molar-refractivity contribution in [3.63, 3.8) is 0 Å². The van der Waals surface area contributed by atoms with E-state index in [2.05, 4.69) is 43.7 Å². The predicted molar refractivity (Wildman–Crippen MR) is 104 cm³/mol. The number of benzene rings is 1. The highest BCUT2D eigenvalue weighted by Crippen LogP contribution is 2.44. The fraction of sp³-hybridized carbons (Fsp3) is 0.400. The van der Waals surface area contributed by atoms with Crippen LogP contribution in [0.4, 0.5) is 0 Å². The zero-order valence-electron chi connectivity index (χ0n) is 15.4. The second-order valence-corrected chi connectivity index (χ2v) is 8.11. The van der Waals surface area contributed by atoms with E-state index in [1.807, 2.05) is 4.57 Å². The molecule has 0 spiro atoms. The number of aromatic nitrogens is 5. The molecule has 0 atom stereocenters. The van der Waals surface area contributed by atoms with Crippen LogP contribution in [0.2, 0.25) is 0 Å². The summed E-state index contributed by atoms with van der Waals surface area (Å²) < 4.78 is 8.01. The quantitative estimate of drug-likeness (QED) is 0.685. The molecular weight excluding hydrogens is 376 g/mol. The summed E-state index contributed by atoms with van der Waals surface area (Å²) in [6.45, 7) is 1.50. The summed E-state index contributed by atoms with van der Waals surface area (Å²) in [5.74, 6) is 1.50. The smallest absolute Gasteiger partial charge is 0.232 e. The summed E-state index contributed by atoms with van der Waals surface area (Å²) in [7, 11) is 0. The maximum atomic E-state index is 7.10. The first-order valence-corrected chi connectivity index (χ1v) is 9.94. The van der Waals surface area contributed by atoms with E-state index >= 15 is 0 Å². The van der Waals surface area contributed by atoms with Gasteiger partial charge in [-0.1, -0.05) is 12.1 Å². The van der Waals surface area contributed by atoms with Gasteiger partial charge in [0.1, 0.15) is 12.4 Å². The van der Waals surface area contributed by atoms with Crippen LogP contribution in [0.5, 0.6) is 5.88 Å². The number of nitrogens with zero attached hydrogens (tertiary/aromatic N) is 5. The molecule has 0 bridgehead atoms. The van der Waals surface area contributed by atoms with Gasteiger partial charge in [-0.05, 0) is 42.9 Å². The van der Waals surface area contributed by atoms with Crippen LogP contribution >= 0.6 is 11.6 Å². The van der Waals surface area contributed by atoms with Crippen molar-refractivity contribution in [2.75, 3.05) is 0 Å². The van der Waals surface area contributed by atoms with Gasteiger partial charge in [-0.3, -0.25) is 9.55 Å². The average molecular weight is 397 g/mol. The molecule has 2 aliphatic rings. The topological polar surface area (TPSA) is 77.8 Å². The maximum absolute atomic E-state index is 7.10. The standard InChI is InChI=1S/C20H21ClN6O/c21-20(5-3-16(4-6-20)28-19-12-22-7-8-24-19)15-1-2-17-14(9-15)10-23-11-18-26-25-13-27(17)18/h1-2,7-9,12-13,16,23H,3-6,10-11H2. The molecule has 0 radical (unpaired) electrons. The van der Waals surface area contributed by atoms with Crippen molar-refractivity contribution in [1.29, 1.82) is 0 Å². The highest BCUT2D eigenvalue weighted by atomic mass is 35.5. The highest BCUT2D eigenvalue weighted by molar-refractivity contribution is 6.24. The van der Waals surface area contributed by atoms with Gasteiger partial charge in [-0.15, -0.1) is 21.8 Å². The van der Waals surface area contributed by atoms with Gasteiger partial charge in [0.15, 0.2) is 5.82 Å². The zero-order valence-corrected chi connectivity index (χ0v) is 16.1. The summed E-state index contributed by atoms with van der Waals surface area (Å²) in [5, 5.41) is 11.6. The van der Waals surface area contributed by atoms with E-state index in [1.54, 1.807) is 24.9 Å². The molecule has 0 amide bonds. The molecule has 1 saturated carbocycles. The molecule has 1 aromatic carbocycles. The Kier molecular flexibility index (Phi) is 4.49. The molecule has 0 saturated heterocycles. The maximum Gasteiger partial charge on any atom is 0.232 e. The summed E-state index contributed by atoms with van der Waals surface area (Å²) in [6.07, 6.45) is 10.4. The van der Waals surface area contributed by atoms with Gasteiger partial charge in [0.25, 0.3) is 0 Å². The predicted octanol–water partition coefficient (Wildman–Crippen LogP) is 3.12. The molecular formula is C20H21ClN6O. The molecule has 7 nitrogen and oxygen atoms in total. The largest absolute Gasteiger partial charge is 0.473 e. The lowest BCUT2D eigenvalue weighted by atomic mass is 9.81. The van der Waals surface area contributed by atoms with E-state index in [0.717, 1.165) is 43.7 Å². The van der Waals surface area contributed by atoms with Crippen molar-refractivity contribution in [3.8, 4) is 11.6 Å². The Hall–Kier alpha value is -2.51. The Labute approximate surface area is 168 Å². The molecule has 5 rings (SSSR count). The Bertz CT molecular complexity index is 968.